The molecule has 0 fully saturated rings. The van der Waals surface area contributed by atoms with Gasteiger partial charge in [0, 0.05) is 0 Å². The van der Waals surface area contributed by atoms with Crippen LogP contribution in [0.4, 0.5) is 0 Å². The molecule has 0 spiro atoms. The lowest BCUT2D eigenvalue weighted by molar-refractivity contribution is 0.990. The Morgan fingerprint density at radius 2 is 1.30 bits per heavy atom. The normalized spacial score (nSPS) is 13.9. The van der Waals surface area contributed by atoms with Crippen molar-refractivity contribution in [1.29, 1.82) is 0 Å². The zero-order valence-corrected chi connectivity index (χ0v) is 26.8. The van der Waals surface area contributed by atoms with Gasteiger partial charge in [-0.15, -0.1) is 0 Å². The third-order valence-electron chi connectivity index (χ3n) is 9.25. The van der Waals surface area contributed by atoms with E-state index in [1.165, 1.54) is 76.8 Å². The van der Waals surface area contributed by atoms with Crippen LogP contribution in [0.3, 0.4) is 0 Å². The minimum atomic E-state index is 0.989. The molecule has 224 valence electrons. The quantitative estimate of drug-likeness (QED) is 0.0937. The van der Waals surface area contributed by atoms with Crippen LogP contribution < -0.4 is 0 Å². The Morgan fingerprint density at radius 3 is 2.00 bits per heavy atom. The van der Waals surface area contributed by atoms with Gasteiger partial charge in [0.1, 0.15) is 0 Å². The summed E-state index contributed by atoms with van der Waals surface area (Å²) in [7, 11) is 0. The first kappa shape index (κ1) is 29.5. The molecule has 0 bridgehead atoms. The maximum Gasteiger partial charge on any atom is -0.00200 e. The smallest absolute Gasteiger partial charge is 0.00200 e. The van der Waals surface area contributed by atoms with Crippen LogP contribution >= 0.6 is 0 Å². The van der Waals surface area contributed by atoms with Crippen LogP contribution in [-0.4, -0.2) is 0 Å². The first-order valence-corrected chi connectivity index (χ1v) is 16.6. The van der Waals surface area contributed by atoms with Crippen molar-refractivity contribution in [2.75, 3.05) is 0 Å². The molecule has 0 saturated carbocycles. The fraction of sp³-hybridized carbons (Fsp3) is 0.130. The molecule has 0 aromatic heterocycles. The monoisotopic (exact) mass is 592 g/mol. The Balaban J connectivity index is 1.46. The summed E-state index contributed by atoms with van der Waals surface area (Å²) in [5.74, 6) is 0. The van der Waals surface area contributed by atoms with E-state index in [1.54, 1.807) is 0 Å². The van der Waals surface area contributed by atoms with Crippen LogP contribution in [0, 0.1) is 0 Å². The molecule has 0 amide bonds. The molecule has 0 aliphatic heterocycles. The lowest BCUT2D eigenvalue weighted by Gasteiger charge is -2.22. The number of fused-ring (bicyclic) bond motifs is 5. The van der Waals surface area contributed by atoms with Crippen molar-refractivity contribution in [3.63, 3.8) is 0 Å². The molecule has 0 unspecified atom stereocenters. The minimum absolute atomic E-state index is 0.989. The second kappa shape index (κ2) is 13.4. The van der Waals surface area contributed by atoms with Crippen LogP contribution in [0.15, 0.2) is 152 Å². The maximum atomic E-state index is 2.48. The minimum Gasteiger partial charge on any atom is -0.0877 e. The highest BCUT2D eigenvalue weighted by molar-refractivity contribution is 6.22. The van der Waals surface area contributed by atoms with Crippen LogP contribution in [0.25, 0.3) is 60.7 Å². The van der Waals surface area contributed by atoms with Crippen molar-refractivity contribution in [3.05, 3.63) is 174 Å². The molecule has 0 nitrogen and oxygen atoms in total. The molecule has 0 saturated heterocycles. The van der Waals surface area contributed by atoms with Crippen molar-refractivity contribution < 1.29 is 0 Å². The third kappa shape index (κ3) is 5.68. The lowest BCUT2D eigenvalue weighted by Crippen LogP contribution is -1.99. The van der Waals surface area contributed by atoms with E-state index in [4.69, 9.17) is 0 Å². The average Bonchev–Trinajstić information content (AvgIpc) is 3.11. The zero-order valence-electron chi connectivity index (χ0n) is 26.8. The van der Waals surface area contributed by atoms with Crippen molar-refractivity contribution >= 4 is 49.5 Å². The van der Waals surface area contributed by atoms with Gasteiger partial charge < -0.3 is 0 Å². The zero-order chi connectivity index (χ0) is 31.3. The van der Waals surface area contributed by atoms with Gasteiger partial charge in [0.05, 0.1) is 0 Å². The van der Waals surface area contributed by atoms with Gasteiger partial charge in [-0.1, -0.05) is 152 Å². The highest BCUT2D eigenvalue weighted by atomic mass is 14.2. The largest absolute Gasteiger partial charge is 0.0877 e. The summed E-state index contributed by atoms with van der Waals surface area (Å²) in [6, 6.07) is 40.3. The number of benzene rings is 6. The summed E-state index contributed by atoms with van der Waals surface area (Å²) in [6.45, 7) is 4.34. The van der Waals surface area contributed by atoms with E-state index in [0.29, 0.717) is 0 Å². The van der Waals surface area contributed by atoms with Crippen molar-refractivity contribution in [2.24, 2.45) is 0 Å². The van der Waals surface area contributed by atoms with Crippen molar-refractivity contribution in [1.82, 2.24) is 0 Å². The summed E-state index contributed by atoms with van der Waals surface area (Å²) in [5.41, 5.74) is 10.6. The molecule has 0 heteroatoms. The van der Waals surface area contributed by atoms with Gasteiger partial charge in [0.2, 0.25) is 0 Å². The van der Waals surface area contributed by atoms with E-state index in [0.717, 1.165) is 25.7 Å². The molecule has 1 aliphatic rings. The summed E-state index contributed by atoms with van der Waals surface area (Å²) in [4.78, 5) is 0. The first-order chi connectivity index (χ1) is 22.7. The number of hydrogen-bond acceptors (Lipinski definition) is 0. The molecular formula is C46H40. The van der Waals surface area contributed by atoms with E-state index >= 15 is 0 Å². The molecule has 7 rings (SSSR count). The summed E-state index contributed by atoms with van der Waals surface area (Å²) >= 11 is 0. The SMILES string of the molecule is C/C=C\C=C/CC/C=C(\C=C(/C)c1c2ccccc2c(-c2cc3c(c4ccccc24)C=CCC3)c2ccccc12)c1ccccc1. The van der Waals surface area contributed by atoms with Crippen LogP contribution in [0.5, 0.6) is 0 Å². The van der Waals surface area contributed by atoms with Gasteiger partial charge in [-0.25, -0.2) is 0 Å². The predicted octanol–water partition coefficient (Wildman–Crippen LogP) is 13.2. The summed E-state index contributed by atoms with van der Waals surface area (Å²) < 4.78 is 0. The molecule has 6 aromatic carbocycles. The second-order valence-electron chi connectivity index (χ2n) is 12.2. The first-order valence-electron chi connectivity index (χ1n) is 16.6. The highest BCUT2D eigenvalue weighted by Crippen LogP contribution is 2.45. The highest BCUT2D eigenvalue weighted by Gasteiger charge is 2.20. The molecule has 6 aromatic rings. The molecule has 0 heterocycles. The fourth-order valence-corrected chi connectivity index (χ4v) is 7.17. The number of aryl methyl sites for hydroxylation is 1. The van der Waals surface area contributed by atoms with Gasteiger partial charge in [0.15, 0.2) is 0 Å². The van der Waals surface area contributed by atoms with E-state index in [9.17, 15) is 0 Å². The number of unbranched alkanes of at least 4 members (excludes halogenated alkanes) is 1. The number of hydrogen-bond donors (Lipinski definition) is 0. The van der Waals surface area contributed by atoms with E-state index in [1.807, 2.05) is 0 Å². The predicted molar refractivity (Wildman–Crippen MR) is 203 cm³/mol. The summed E-state index contributed by atoms with van der Waals surface area (Å²) in [6.07, 6.45) is 22.2. The van der Waals surface area contributed by atoms with Gasteiger partial charge in [-0.3, -0.25) is 0 Å². The average molecular weight is 593 g/mol. The van der Waals surface area contributed by atoms with Crippen molar-refractivity contribution in [3.8, 4) is 11.1 Å². The van der Waals surface area contributed by atoms with Crippen LogP contribution in [0.2, 0.25) is 0 Å². The molecule has 46 heavy (non-hydrogen) atoms. The Bertz CT molecular complexity index is 2140. The molecule has 1 aliphatic carbocycles. The maximum absolute atomic E-state index is 2.48. The van der Waals surface area contributed by atoms with Crippen LogP contribution in [-0.2, 0) is 6.42 Å². The number of allylic oxidation sites excluding steroid dienone is 9. The summed E-state index contributed by atoms with van der Waals surface area (Å²) in [5, 5.41) is 7.87. The van der Waals surface area contributed by atoms with Gasteiger partial charge in [-0.05, 0) is 122 Å². The lowest BCUT2D eigenvalue weighted by atomic mass is 9.82. The topological polar surface area (TPSA) is 0 Å². The molecule has 0 atom stereocenters. The van der Waals surface area contributed by atoms with E-state index in [-0.39, 0.29) is 0 Å². The van der Waals surface area contributed by atoms with Crippen LogP contribution in [0.1, 0.15) is 55.4 Å². The fourth-order valence-electron chi connectivity index (χ4n) is 7.17. The Kier molecular flexibility index (Phi) is 8.61. The van der Waals surface area contributed by atoms with Gasteiger partial charge in [-0.2, -0.15) is 0 Å². The second-order valence-corrected chi connectivity index (χ2v) is 12.2. The molecule has 0 radical (unpaired) electrons. The standard InChI is InChI=1S/C46H40/c1-3-4-5-6-7-9-22-35(34-20-10-8-11-21-34)31-33(2)45-40-27-16-18-29-42(40)46(43-30-19-17-28-41(43)45)44-32-36-23-12-13-24-37(36)38-25-14-15-26-39(38)44/h3-6,8,10-11,13-22,24-32H,7,9,12,23H2,1-2H3/b4-3-,6-5-,33-31+,35-22+. The number of rotatable bonds is 8. The van der Waals surface area contributed by atoms with E-state index in [2.05, 4.69) is 172 Å². The van der Waals surface area contributed by atoms with E-state index < -0.39 is 0 Å². The van der Waals surface area contributed by atoms with Gasteiger partial charge in [0.25, 0.3) is 0 Å². The Labute approximate surface area is 273 Å². The Morgan fingerprint density at radius 1 is 0.674 bits per heavy atom. The molecule has 0 N–H and O–H groups in total. The van der Waals surface area contributed by atoms with Crippen molar-refractivity contribution in [2.45, 2.75) is 39.5 Å². The molecular weight excluding hydrogens is 553 g/mol. The van der Waals surface area contributed by atoms with Gasteiger partial charge >= 0.3 is 0 Å². The Hall–Kier alpha value is -5.20. The third-order valence-corrected chi connectivity index (χ3v) is 9.25.